The van der Waals surface area contributed by atoms with Crippen LogP contribution in [0.25, 0.3) is 0 Å². The molecule has 1 aliphatic rings. The van der Waals surface area contributed by atoms with Crippen LogP contribution in [0.2, 0.25) is 0 Å². The fourth-order valence-electron chi connectivity index (χ4n) is 7.84. The molecule has 0 aromatic rings. The van der Waals surface area contributed by atoms with E-state index in [1.807, 2.05) is 0 Å². The van der Waals surface area contributed by atoms with Gasteiger partial charge in [0.05, 0.1) is 13.2 Å². The minimum Gasteiger partial charge on any atom is -0.462 e. The molecule has 344 valence electrons. The van der Waals surface area contributed by atoms with E-state index in [-0.39, 0.29) is 32.0 Å². The van der Waals surface area contributed by atoms with Crippen LogP contribution in [0, 0.1) is 0 Å². The Kier molecular flexibility index (Phi) is 37.6. The number of unbranched alkanes of at least 4 members (excludes halogenated alkanes) is 31. The van der Waals surface area contributed by atoms with E-state index in [4.69, 9.17) is 18.9 Å². The van der Waals surface area contributed by atoms with Crippen LogP contribution in [0.1, 0.15) is 239 Å². The smallest absolute Gasteiger partial charge is 0.306 e. The number of ether oxygens (including phenoxy) is 4. The van der Waals surface area contributed by atoms with Crippen molar-refractivity contribution in [2.45, 2.75) is 275 Å². The van der Waals surface area contributed by atoms with Gasteiger partial charge in [0, 0.05) is 12.8 Å². The van der Waals surface area contributed by atoms with Gasteiger partial charge in [-0.05, 0) is 12.8 Å². The highest BCUT2D eigenvalue weighted by atomic mass is 16.7. The molecule has 1 aliphatic heterocycles. The maximum absolute atomic E-state index is 12.8. The Hall–Kier alpha value is -1.30. The molecule has 6 atom stereocenters. The number of hydrogen-bond acceptors (Lipinski definition) is 10. The first-order chi connectivity index (χ1) is 28.3. The number of carbonyl (C=O) groups excluding carboxylic acids is 2. The lowest BCUT2D eigenvalue weighted by atomic mass is 9.99. The highest BCUT2D eigenvalue weighted by Crippen LogP contribution is 2.23. The second kappa shape index (κ2) is 39.8. The van der Waals surface area contributed by atoms with Gasteiger partial charge in [0.25, 0.3) is 0 Å². The number of rotatable bonds is 42. The first-order valence-electron chi connectivity index (χ1n) is 24.6. The molecule has 2 unspecified atom stereocenters. The van der Waals surface area contributed by atoms with Crippen LogP contribution in [0.4, 0.5) is 0 Å². The summed E-state index contributed by atoms with van der Waals surface area (Å²) in [6.07, 6.45) is 33.9. The Balaban J connectivity index is 2.26. The van der Waals surface area contributed by atoms with Gasteiger partial charge in [-0.25, -0.2) is 0 Å². The Morgan fingerprint density at radius 1 is 0.466 bits per heavy atom. The highest BCUT2D eigenvalue weighted by Gasteiger charge is 2.44. The summed E-state index contributed by atoms with van der Waals surface area (Å²) >= 11 is 0. The standard InChI is InChI=1S/C48H92O10/c1-3-5-7-9-11-13-15-17-19-20-21-23-24-26-28-30-32-34-36-43(50)55-39-41(40-56-48-47(54)46(53)45(52)42(38-49)58-48)57-44(51)37-35-33-31-29-27-25-22-18-16-14-12-10-8-6-4-2/h41-42,45-49,52-54H,3-40H2,1-2H3/t41-,42-,45+,46?,47?,48-/m0/s1. The van der Waals surface area contributed by atoms with Crippen LogP contribution in [0.3, 0.4) is 0 Å². The van der Waals surface area contributed by atoms with E-state index in [0.717, 1.165) is 38.5 Å². The minimum atomic E-state index is -1.59. The average Bonchev–Trinajstić information content (AvgIpc) is 3.22. The van der Waals surface area contributed by atoms with Crippen molar-refractivity contribution in [3.63, 3.8) is 0 Å². The molecule has 1 saturated heterocycles. The Labute approximate surface area is 355 Å². The van der Waals surface area contributed by atoms with Crippen molar-refractivity contribution >= 4 is 11.9 Å². The molecule has 1 rings (SSSR count). The zero-order valence-corrected chi connectivity index (χ0v) is 37.6. The molecule has 1 heterocycles. The summed E-state index contributed by atoms with van der Waals surface area (Å²) in [4.78, 5) is 25.4. The van der Waals surface area contributed by atoms with Crippen molar-refractivity contribution in [3.05, 3.63) is 0 Å². The Morgan fingerprint density at radius 3 is 1.17 bits per heavy atom. The van der Waals surface area contributed by atoms with Gasteiger partial charge < -0.3 is 39.4 Å². The van der Waals surface area contributed by atoms with Crippen molar-refractivity contribution in [1.29, 1.82) is 0 Å². The van der Waals surface area contributed by atoms with Crippen LogP contribution < -0.4 is 0 Å². The predicted octanol–water partition coefficient (Wildman–Crippen LogP) is 11.0. The number of carbonyl (C=O) groups is 2. The zero-order valence-electron chi connectivity index (χ0n) is 37.6. The predicted molar refractivity (Wildman–Crippen MR) is 234 cm³/mol. The van der Waals surface area contributed by atoms with Crippen molar-refractivity contribution in [2.24, 2.45) is 0 Å². The second-order valence-electron chi connectivity index (χ2n) is 17.3. The van der Waals surface area contributed by atoms with Crippen LogP contribution >= 0.6 is 0 Å². The van der Waals surface area contributed by atoms with Crippen LogP contribution in [-0.4, -0.2) is 89.0 Å². The lowest BCUT2D eigenvalue weighted by Gasteiger charge is -2.39. The number of aliphatic hydroxyl groups excluding tert-OH is 4. The third kappa shape index (κ3) is 30.7. The van der Waals surface area contributed by atoms with Crippen LogP contribution in [0.5, 0.6) is 0 Å². The van der Waals surface area contributed by atoms with E-state index in [2.05, 4.69) is 13.8 Å². The minimum absolute atomic E-state index is 0.208. The molecule has 10 nitrogen and oxygen atoms in total. The summed E-state index contributed by atoms with van der Waals surface area (Å²) in [7, 11) is 0. The van der Waals surface area contributed by atoms with Crippen molar-refractivity contribution in [2.75, 3.05) is 19.8 Å². The summed E-state index contributed by atoms with van der Waals surface area (Å²) in [5, 5.41) is 40.1. The van der Waals surface area contributed by atoms with Gasteiger partial charge in [-0.15, -0.1) is 0 Å². The van der Waals surface area contributed by atoms with Crippen LogP contribution in [0.15, 0.2) is 0 Å². The van der Waals surface area contributed by atoms with Gasteiger partial charge in [-0.3, -0.25) is 9.59 Å². The van der Waals surface area contributed by atoms with Crippen molar-refractivity contribution in [1.82, 2.24) is 0 Å². The van der Waals surface area contributed by atoms with Crippen molar-refractivity contribution < 1.29 is 49.0 Å². The third-order valence-corrected chi connectivity index (χ3v) is 11.7. The molecule has 58 heavy (non-hydrogen) atoms. The maximum atomic E-state index is 12.8. The molecule has 0 spiro atoms. The largest absolute Gasteiger partial charge is 0.462 e. The number of hydrogen-bond donors (Lipinski definition) is 4. The van der Waals surface area contributed by atoms with Gasteiger partial charge in [0.1, 0.15) is 31.0 Å². The van der Waals surface area contributed by atoms with E-state index in [1.54, 1.807) is 0 Å². The molecule has 0 radical (unpaired) electrons. The first kappa shape index (κ1) is 54.7. The fourth-order valence-corrected chi connectivity index (χ4v) is 7.84. The highest BCUT2D eigenvalue weighted by molar-refractivity contribution is 5.70. The lowest BCUT2D eigenvalue weighted by molar-refractivity contribution is -0.305. The third-order valence-electron chi connectivity index (χ3n) is 11.7. The molecule has 4 N–H and O–H groups in total. The van der Waals surface area contributed by atoms with E-state index in [0.29, 0.717) is 6.42 Å². The summed E-state index contributed by atoms with van der Waals surface area (Å²) in [6.45, 7) is 3.47. The summed E-state index contributed by atoms with van der Waals surface area (Å²) in [5.41, 5.74) is 0. The summed E-state index contributed by atoms with van der Waals surface area (Å²) in [5.74, 6) is -0.788. The SMILES string of the molecule is CCCCCCCCCCCCCCCCCCCCC(=O)OC[C@@H](CO[C@H]1O[C@@H](CO)[C@@H](O)C(O)C1O)OC(=O)CCCCCCCCCCCCCCCCC. The van der Waals surface area contributed by atoms with E-state index < -0.39 is 49.4 Å². The van der Waals surface area contributed by atoms with Gasteiger partial charge in [-0.2, -0.15) is 0 Å². The maximum Gasteiger partial charge on any atom is 0.306 e. The van der Waals surface area contributed by atoms with Gasteiger partial charge >= 0.3 is 11.9 Å². The summed E-state index contributed by atoms with van der Waals surface area (Å²) < 4.78 is 22.2. The Morgan fingerprint density at radius 2 is 0.810 bits per heavy atom. The monoisotopic (exact) mass is 829 g/mol. The molecule has 0 aromatic heterocycles. The van der Waals surface area contributed by atoms with Gasteiger partial charge in [-0.1, -0.05) is 213 Å². The zero-order chi connectivity index (χ0) is 42.3. The van der Waals surface area contributed by atoms with Gasteiger partial charge in [0.2, 0.25) is 0 Å². The first-order valence-corrected chi connectivity index (χ1v) is 24.6. The van der Waals surface area contributed by atoms with E-state index in [1.165, 1.54) is 167 Å². The topological polar surface area (TPSA) is 152 Å². The van der Waals surface area contributed by atoms with Gasteiger partial charge in [0.15, 0.2) is 12.4 Å². The second-order valence-corrected chi connectivity index (χ2v) is 17.3. The average molecular weight is 829 g/mol. The fraction of sp³-hybridized carbons (Fsp3) is 0.958. The number of aliphatic hydroxyl groups is 4. The molecule has 0 bridgehead atoms. The molecule has 1 fully saturated rings. The number of esters is 2. The van der Waals surface area contributed by atoms with E-state index >= 15 is 0 Å². The summed E-state index contributed by atoms with van der Waals surface area (Å²) in [6, 6.07) is 0. The van der Waals surface area contributed by atoms with Crippen molar-refractivity contribution in [3.8, 4) is 0 Å². The molecular formula is C48H92O10. The molecule has 0 amide bonds. The molecule has 0 saturated carbocycles. The van der Waals surface area contributed by atoms with Crippen LogP contribution in [-0.2, 0) is 28.5 Å². The quantitative estimate of drug-likeness (QED) is 0.0346. The molecule has 0 aliphatic carbocycles. The molecule has 0 aromatic carbocycles. The Bertz CT molecular complexity index is 917. The molecule has 10 heteroatoms. The van der Waals surface area contributed by atoms with E-state index in [9.17, 15) is 30.0 Å². The molecular weight excluding hydrogens is 737 g/mol. The lowest BCUT2D eigenvalue weighted by Crippen LogP contribution is -2.59. The normalized spacial score (nSPS) is 20.0.